The minimum absolute atomic E-state index is 0.440. The zero-order chi connectivity index (χ0) is 13.8. The minimum Gasteiger partial charge on any atom is -0.366 e. The van der Waals surface area contributed by atoms with Crippen LogP contribution in [0.25, 0.3) is 0 Å². The second-order valence-electron chi connectivity index (χ2n) is 3.89. The van der Waals surface area contributed by atoms with E-state index in [0.717, 1.165) is 15.7 Å². The van der Waals surface area contributed by atoms with Gasteiger partial charge >= 0.3 is 0 Å². The molecule has 1 N–H and O–H groups in total. The van der Waals surface area contributed by atoms with E-state index < -0.39 is 6.04 Å². The van der Waals surface area contributed by atoms with E-state index in [1.165, 1.54) is 0 Å². The average molecular weight is 356 g/mol. The number of halogens is 3. The number of benzene rings is 2. The van der Waals surface area contributed by atoms with Gasteiger partial charge in [-0.1, -0.05) is 51.3 Å². The van der Waals surface area contributed by atoms with Crippen LogP contribution in [-0.2, 0) is 0 Å². The molecule has 0 spiro atoms. The van der Waals surface area contributed by atoms with Crippen molar-refractivity contribution in [3.8, 4) is 6.07 Å². The fourth-order valence-electron chi connectivity index (χ4n) is 1.63. The molecule has 0 heterocycles. The highest BCUT2D eigenvalue weighted by Crippen LogP contribution is 2.27. The zero-order valence-electron chi connectivity index (χ0n) is 9.70. The smallest absolute Gasteiger partial charge is 0.140 e. The largest absolute Gasteiger partial charge is 0.366 e. The Balaban J connectivity index is 2.25. The molecule has 0 radical (unpaired) electrons. The third-order valence-electron chi connectivity index (χ3n) is 2.54. The quantitative estimate of drug-likeness (QED) is 0.796. The van der Waals surface area contributed by atoms with E-state index in [1.54, 1.807) is 18.2 Å². The summed E-state index contributed by atoms with van der Waals surface area (Å²) in [6.07, 6.45) is 0. The summed E-state index contributed by atoms with van der Waals surface area (Å²) in [5.74, 6) is 0. The Kier molecular flexibility index (Phi) is 4.71. The Hall–Kier alpha value is -1.21. The molecule has 0 aliphatic heterocycles. The first-order valence-electron chi connectivity index (χ1n) is 5.47. The molecule has 0 aliphatic carbocycles. The second kappa shape index (κ2) is 6.29. The van der Waals surface area contributed by atoms with Gasteiger partial charge < -0.3 is 5.32 Å². The van der Waals surface area contributed by atoms with Crippen molar-refractivity contribution in [1.82, 2.24) is 0 Å². The van der Waals surface area contributed by atoms with Gasteiger partial charge in [0, 0.05) is 10.2 Å². The molecule has 2 nitrogen and oxygen atoms in total. The molecule has 0 saturated carbocycles. The zero-order valence-corrected chi connectivity index (χ0v) is 12.8. The molecule has 5 heteroatoms. The monoisotopic (exact) mass is 354 g/mol. The van der Waals surface area contributed by atoms with Crippen LogP contribution in [0.1, 0.15) is 11.6 Å². The van der Waals surface area contributed by atoms with Gasteiger partial charge in [0.25, 0.3) is 0 Å². The summed E-state index contributed by atoms with van der Waals surface area (Å²) in [6.45, 7) is 0. The summed E-state index contributed by atoms with van der Waals surface area (Å²) in [6, 6.07) is 14.5. The number of hydrogen-bond donors (Lipinski definition) is 1. The van der Waals surface area contributed by atoms with Crippen LogP contribution in [0.5, 0.6) is 0 Å². The van der Waals surface area contributed by atoms with Crippen molar-refractivity contribution < 1.29 is 0 Å². The lowest BCUT2D eigenvalue weighted by Gasteiger charge is -2.14. The lowest BCUT2D eigenvalue weighted by atomic mass is 10.1. The standard InChI is InChI=1S/C14H9BrCl2N2/c15-10-2-1-3-11(7-10)19-14(8-18)9-4-5-12(16)13(17)6-9/h1-7,14,19H. The fourth-order valence-corrected chi connectivity index (χ4v) is 2.33. The van der Waals surface area contributed by atoms with E-state index in [1.807, 2.05) is 24.3 Å². The number of rotatable bonds is 3. The van der Waals surface area contributed by atoms with Gasteiger partial charge in [-0.3, -0.25) is 0 Å². The van der Waals surface area contributed by atoms with E-state index in [4.69, 9.17) is 23.2 Å². The molecular formula is C14H9BrCl2N2. The molecule has 1 atom stereocenters. The van der Waals surface area contributed by atoms with E-state index in [9.17, 15) is 5.26 Å². The Morgan fingerprint density at radius 2 is 1.89 bits per heavy atom. The van der Waals surface area contributed by atoms with Crippen LogP contribution in [-0.4, -0.2) is 0 Å². The Bertz CT molecular complexity index is 638. The summed E-state index contributed by atoms with van der Waals surface area (Å²) < 4.78 is 0.948. The van der Waals surface area contributed by atoms with Gasteiger partial charge in [0.05, 0.1) is 16.1 Å². The second-order valence-corrected chi connectivity index (χ2v) is 5.62. The normalized spacial score (nSPS) is 11.7. The van der Waals surface area contributed by atoms with E-state index >= 15 is 0 Å². The third-order valence-corrected chi connectivity index (χ3v) is 3.77. The molecule has 0 amide bonds. The first kappa shape index (κ1) is 14.2. The van der Waals surface area contributed by atoms with Gasteiger partial charge in [-0.25, -0.2) is 0 Å². The Labute approximate surface area is 130 Å². The minimum atomic E-state index is -0.482. The summed E-state index contributed by atoms with van der Waals surface area (Å²) in [7, 11) is 0. The van der Waals surface area contributed by atoms with Crippen molar-refractivity contribution in [1.29, 1.82) is 5.26 Å². The molecule has 0 saturated heterocycles. The number of nitrogens with one attached hydrogen (secondary N) is 1. The molecule has 96 valence electrons. The van der Waals surface area contributed by atoms with Gasteiger partial charge in [-0.2, -0.15) is 5.26 Å². The summed E-state index contributed by atoms with van der Waals surface area (Å²) >= 11 is 15.2. The van der Waals surface area contributed by atoms with Gasteiger partial charge in [0.15, 0.2) is 0 Å². The highest BCUT2D eigenvalue weighted by atomic mass is 79.9. The Morgan fingerprint density at radius 1 is 1.11 bits per heavy atom. The van der Waals surface area contributed by atoms with Crippen LogP contribution in [0, 0.1) is 11.3 Å². The van der Waals surface area contributed by atoms with Crippen molar-refractivity contribution in [2.75, 3.05) is 5.32 Å². The van der Waals surface area contributed by atoms with Crippen molar-refractivity contribution in [3.05, 3.63) is 62.5 Å². The molecule has 2 rings (SSSR count). The van der Waals surface area contributed by atoms with Gasteiger partial charge in [-0.15, -0.1) is 0 Å². The maximum absolute atomic E-state index is 9.27. The van der Waals surface area contributed by atoms with Crippen molar-refractivity contribution in [2.45, 2.75) is 6.04 Å². The molecule has 19 heavy (non-hydrogen) atoms. The Morgan fingerprint density at radius 3 is 2.53 bits per heavy atom. The molecule has 2 aromatic rings. The van der Waals surface area contributed by atoms with Crippen molar-refractivity contribution in [3.63, 3.8) is 0 Å². The topological polar surface area (TPSA) is 35.8 Å². The lowest BCUT2D eigenvalue weighted by Crippen LogP contribution is -2.08. The van der Waals surface area contributed by atoms with Crippen LogP contribution in [0.4, 0.5) is 5.69 Å². The average Bonchev–Trinajstić information content (AvgIpc) is 2.39. The van der Waals surface area contributed by atoms with Crippen LogP contribution in [0.2, 0.25) is 10.0 Å². The van der Waals surface area contributed by atoms with Crippen LogP contribution in [0.15, 0.2) is 46.9 Å². The number of nitrogens with zero attached hydrogens (tertiary/aromatic N) is 1. The predicted octanol–water partition coefficient (Wildman–Crippen LogP) is 5.43. The number of hydrogen-bond acceptors (Lipinski definition) is 2. The maximum Gasteiger partial charge on any atom is 0.140 e. The van der Waals surface area contributed by atoms with E-state index in [0.29, 0.717) is 10.0 Å². The van der Waals surface area contributed by atoms with Crippen molar-refractivity contribution in [2.24, 2.45) is 0 Å². The molecule has 0 aromatic heterocycles. The van der Waals surface area contributed by atoms with E-state index in [-0.39, 0.29) is 0 Å². The number of anilines is 1. The molecule has 0 bridgehead atoms. The highest BCUT2D eigenvalue weighted by molar-refractivity contribution is 9.10. The third kappa shape index (κ3) is 3.63. The summed E-state index contributed by atoms with van der Waals surface area (Å²) in [5.41, 5.74) is 1.63. The van der Waals surface area contributed by atoms with Gasteiger partial charge in [0.2, 0.25) is 0 Å². The van der Waals surface area contributed by atoms with Gasteiger partial charge in [0.1, 0.15) is 6.04 Å². The highest BCUT2D eigenvalue weighted by Gasteiger charge is 2.12. The summed E-state index contributed by atoms with van der Waals surface area (Å²) in [5, 5.41) is 13.3. The predicted molar refractivity (Wildman–Crippen MR) is 82.6 cm³/mol. The van der Waals surface area contributed by atoms with Crippen LogP contribution in [0.3, 0.4) is 0 Å². The fraction of sp³-hybridized carbons (Fsp3) is 0.0714. The lowest BCUT2D eigenvalue weighted by molar-refractivity contribution is 0.997. The molecular weight excluding hydrogens is 347 g/mol. The molecule has 1 unspecified atom stereocenters. The maximum atomic E-state index is 9.27. The van der Waals surface area contributed by atoms with Crippen LogP contribution < -0.4 is 5.32 Å². The SMILES string of the molecule is N#CC(Nc1cccc(Br)c1)c1ccc(Cl)c(Cl)c1. The molecule has 2 aromatic carbocycles. The molecule has 0 aliphatic rings. The van der Waals surface area contributed by atoms with Crippen molar-refractivity contribution >= 4 is 44.8 Å². The van der Waals surface area contributed by atoms with Crippen LogP contribution >= 0.6 is 39.1 Å². The first-order valence-corrected chi connectivity index (χ1v) is 7.01. The first-order chi connectivity index (χ1) is 9.10. The van der Waals surface area contributed by atoms with E-state index in [2.05, 4.69) is 27.3 Å². The summed E-state index contributed by atoms with van der Waals surface area (Å²) in [4.78, 5) is 0. The van der Waals surface area contributed by atoms with Gasteiger partial charge in [-0.05, 0) is 35.9 Å². The molecule has 0 fully saturated rings. The number of nitriles is 1.